The van der Waals surface area contributed by atoms with Crippen LogP contribution in [0.5, 0.6) is 5.75 Å². The van der Waals surface area contributed by atoms with E-state index in [0.717, 1.165) is 23.3 Å². The van der Waals surface area contributed by atoms with Gasteiger partial charge in [0.1, 0.15) is 5.75 Å². The summed E-state index contributed by atoms with van der Waals surface area (Å²) in [5.41, 5.74) is 9.80. The largest absolute Gasteiger partial charge is 0.497 e. The number of aromatic nitrogens is 2. The van der Waals surface area contributed by atoms with Crippen LogP contribution in [0.4, 0.5) is 5.95 Å². The quantitative estimate of drug-likeness (QED) is 0.778. The summed E-state index contributed by atoms with van der Waals surface area (Å²) < 4.78 is 6.66. The summed E-state index contributed by atoms with van der Waals surface area (Å²) in [7, 11) is 3.28. The lowest BCUT2D eigenvalue weighted by atomic mass is 9.96. The normalized spacial score (nSPS) is 10.6. The van der Waals surface area contributed by atoms with Gasteiger partial charge in [-0.15, -0.1) is 0 Å². The minimum atomic E-state index is -0.136. The van der Waals surface area contributed by atoms with Gasteiger partial charge in [0.25, 0.3) is 5.56 Å². The van der Waals surface area contributed by atoms with Crippen LogP contribution < -0.4 is 16.0 Å². The Kier molecular flexibility index (Phi) is 4.84. The summed E-state index contributed by atoms with van der Waals surface area (Å²) in [5.74, 6) is 1.07. The number of benzene rings is 2. The van der Waals surface area contributed by atoms with Crippen molar-refractivity contribution >= 4 is 5.95 Å². The molecule has 0 bridgehead atoms. The summed E-state index contributed by atoms with van der Waals surface area (Å²) in [6.45, 7) is 0. The number of nitrogens with two attached hydrogens (primary N) is 1. The zero-order chi connectivity index (χ0) is 17.8. The molecular formula is C20H21N3O2. The van der Waals surface area contributed by atoms with E-state index in [0.29, 0.717) is 12.1 Å². The van der Waals surface area contributed by atoms with E-state index in [4.69, 9.17) is 10.5 Å². The Balaban J connectivity index is 1.88. The summed E-state index contributed by atoms with van der Waals surface area (Å²) in [4.78, 5) is 16.2. The maximum absolute atomic E-state index is 11.9. The molecule has 128 valence electrons. The number of nitrogens with zero attached hydrogens (tertiary/aromatic N) is 2. The molecule has 1 aromatic heterocycles. The average Bonchev–Trinajstić information content (AvgIpc) is 2.64. The van der Waals surface area contributed by atoms with Crippen molar-refractivity contribution in [2.45, 2.75) is 12.8 Å². The van der Waals surface area contributed by atoms with Crippen LogP contribution in [0.2, 0.25) is 0 Å². The fourth-order valence-corrected chi connectivity index (χ4v) is 2.81. The van der Waals surface area contributed by atoms with E-state index in [1.165, 1.54) is 10.1 Å². The van der Waals surface area contributed by atoms with Crippen molar-refractivity contribution in [2.75, 3.05) is 12.8 Å². The molecule has 3 rings (SSSR count). The van der Waals surface area contributed by atoms with Crippen molar-refractivity contribution in [3.05, 3.63) is 76.2 Å². The van der Waals surface area contributed by atoms with Gasteiger partial charge >= 0.3 is 0 Å². The van der Waals surface area contributed by atoms with E-state index in [1.807, 2.05) is 30.3 Å². The summed E-state index contributed by atoms with van der Waals surface area (Å²) in [6, 6.07) is 17.8. The Morgan fingerprint density at radius 2 is 1.88 bits per heavy atom. The highest BCUT2D eigenvalue weighted by molar-refractivity contribution is 5.68. The van der Waals surface area contributed by atoms with Crippen molar-refractivity contribution in [2.24, 2.45) is 7.05 Å². The molecule has 0 aliphatic carbocycles. The molecule has 0 saturated heterocycles. The van der Waals surface area contributed by atoms with Crippen LogP contribution in [0.1, 0.15) is 11.3 Å². The first kappa shape index (κ1) is 16.8. The van der Waals surface area contributed by atoms with Crippen molar-refractivity contribution in [3.63, 3.8) is 0 Å². The number of hydrogen-bond acceptors (Lipinski definition) is 4. The molecule has 0 aliphatic heterocycles. The third-order valence-electron chi connectivity index (χ3n) is 4.27. The van der Waals surface area contributed by atoms with Gasteiger partial charge in [0.2, 0.25) is 5.95 Å². The van der Waals surface area contributed by atoms with Gasteiger partial charge < -0.3 is 10.5 Å². The van der Waals surface area contributed by atoms with Gasteiger partial charge in [0, 0.05) is 13.1 Å². The zero-order valence-electron chi connectivity index (χ0n) is 14.4. The first-order valence-electron chi connectivity index (χ1n) is 8.13. The SMILES string of the molecule is COc1cccc(-c2ccccc2CCc2cc(=O)n(C)c(N)n2)c1. The Bertz CT molecular complexity index is 948. The maximum Gasteiger partial charge on any atom is 0.254 e. The predicted molar refractivity (Wildman–Crippen MR) is 99.7 cm³/mol. The van der Waals surface area contributed by atoms with Crippen LogP contribution in [0.15, 0.2) is 59.4 Å². The van der Waals surface area contributed by atoms with Crippen LogP contribution >= 0.6 is 0 Å². The molecule has 0 fully saturated rings. The number of nitrogen functional groups attached to an aromatic ring is 1. The molecule has 2 N–H and O–H groups in total. The highest BCUT2D eigenvalue weighted by atomic mass is 16.5. The second-order valence-electron chi connectivity index (χ2n) is 5.89. The Hall–Kier alpha value is -3.08. The van der Waals surface area contributed by atoms with Gasteiger partial charge in [-0.2, -0.15) is 0 Å². The van der Waals surface area contributed by atoms with Crippen molar-refractivity contribution in [3.8, 4) is 16.9 Å². The Morgan fingerprint density at radius 1 is 1.08 bits per heavy atom. The van der Waals surface area contributed by atoms with Crippen molar-refractivity contribution in [1.82, 2.24) is 9.55 Å². The first-order valence-corrected chi connectivity index (χ1v) is 8.13. The number of aryl methyl sites for hydroxylation is 2. The van der Waals surface area contributed by atoms with Crippen LogP contribution in [0.3, 0.4) is 0 Å². The van der Waals surface area contributed by atoms with Crippen LogP contribution in [0.25, 0.3) is 11.1 Å². The third-order valence-corrected chi connectivity index (χ3v) is 4.27. The van der Waals surface area contributed by atoms with E-state index in [-0.39, 0.29) is 11.5 Å². The molecule has 3 aromatic rings. The molecule has 0 spiro atoms. The number of anilines is 1. The summed E-state index contributed by atoms with van der Waals surface area (Å²) in [5, 5.41) is 0. The van der Waals surface area contributed by atoms with Gasteiger partial charge in [-0.1, -0.05) is 36.4 Å². The molecule has 5 heteroatoms. The number of ether oxygens (including phenoxy) is 1. The van der Waals surface area contributed by atoms with Crippen LogP contribution in [-0.2, 0) is 19.9 Å². The minimum Gasteiger partial charge on any atom is -0.497 e. The lowest BCUT2D eigenvalue weighted by molar-refractivity contribution is 0.415. The smallest absolute Gasteiger partial charge is 0.254 e. The van der Waals surface area contributed by atoms with E-state index in [2.05, 4.69) is 23.2 Å². The van der Waals surface area contributed by atoms with E-state index < -0.39 is 0 Å². The van der Waals surface area contributed by atoms with Gasteiger partial charge in [-0.05, 0) is 41.7 Å². The lowest BCUT2D eigenvalue weighted by Crippen LogP contribution is -2.21. The fraction of sp³-hybridized carbons (Fsp3) is 0.200. The minimum absolute atomic E-state index is 0.136. The standard InChI is InChI=1S/C20H21N3O2/c1-23-19(24)13-16(22-20(23)21)11-10-14-6-3-4-9-18(14)15-7-5-8-17(12-15)25-2/h3-9,12-13H,10-11H2,1-2H3,(H2,21,22). The van der Waals surface area contributed by atoms with Gasteiger partial charge in [-0.3, -0.25) is 9.36 Å². The maximum atomic E-state index is 11.9. The highest BCUT2D eigenvalue weighted by Gasteiger charge is 2.08. The lowest BCUT2D eigenvalue weighted by Gasteiger charge is -2.11. The molecule has 25 heavy (non-hydrogen) atoms. The second kappa shape index (κ2) is 7.21. The molecular weight excluding hydrogens is 314 g/mol. The average molecular weight is 335 g/mol. The predicted octanol–water partition coefficient (Wildman–Crippen LogP) is 2.82. The van der Waals surface area contributed by atoms with Crippen molar-refractivity contribution < 1.29 is 4.74 Å². The van der Waals surface area contributed by atoms with Gasteiger partial charge in [0.15, 0.2) is 0 Å². The molecule has 0 amide bonds. The van der Waals surface area contributed by atoms with E-state index >= 15 is 0 Å². The van der Waals surface area contributed by atoms with Crippen LogP contribution in [-0.4, -0.2) is 16.7 Å². The Morgan fingerprint density at radius 3 is 2.64 bits per heavy atom. The molecule has 5 nitrogen and oxygen atoms in total. The molecule has 0 radical (unpaired) electrons. The zero-order valence-corrected chi connectivity index (χ0v) is 14.4. The first-order chi connectivity index (χ1) is 12.1. The summed E-state index contributed by atoms with van der Waals surface area (Å²) >= 11 is 0. The topological polar surface area (TPSA) is 70.1 Å². The molecule has 0 unspecified atom stereocenters. The molecule has 1 heterocycles. The molecule has 0 saturated carbocycles. The van der Waals surface area contributed by atoms with E-state index in [1.54, 1.807) is 20.2 Å². The number of methoxy groups -OCH3 is 1. The monoisotopic (exact) mass is 335 g/mol. The molecule has 0 aliphatic rings. The van der Waals surface area contributed by atoms with Gasteiger partial charge in [0.05, 0.1) is 12.8 Å². The number of hydrogen-bond donors (Lipinski definition) is 1. The molecule has 0 atom stereocenters. The molecule has 2 aromatic carbocycles. The third kappa shape index (κ3) is 3.71. The van der Waals surface area contributed by atoms with Crippen LogP contribution in [0, 0.1) is 0 Å². The van der Waals surface area contributed by atoms with E-state index in [9.17, 15) is 4.79 Å². The Labute approximate surface area is 146 Å². The summed E-state index contributed by atoms with van der Waals surface area (Å²) in [6.07, 6.45) is 1.42. The second-order valence-corrected chi connectivity index (χ2v) is 5.89. The highest BCUT2D eigenvalue weighted by Crippen LogP contribution is 2.27. The fourth-order valence-electron chi connectivity index (χ4n) is 2.81. The van der Waals surface area contributed by atoms with Gasteiger partial charge in [-0.25, -0.2) is 4.98 Å². The van der Waals surface area contributed by atoms with Crippen molar-refractivity contribution in [1.29, 1.82) is 0 Å². The number of rotatable bonds is 5.